The SMILES string of the molecule is CCCOc1cccc(-c2nc3n(c2N)C(C)CCC3)c1. The predicted octanol–water partition coefficient (Wildman–Crippen LogP) is 3.82. The molecular weight excluding hydrogens is 262 g/mol. The fourth-order valence-corrected chi connectivity index (χ4v) is 3.01. The highest BCUT2D eigenvalue weighted by atomic mass is 16.5. The molecule has 4 heteroatoms. The van der Waals surface area contributed by atoms with Crippen molar-refractivity contribution < 1.29 is 4.74 Å². The maximum Gasteiger partial charge on any atom is 0.131 e. The molecule has 0 spiro atoms. The van der Waals surface area contributed by atoms with Gasteiger partial charge in [-0.3, -0.25) is 0 Å². The molecule has 4 nitrogen and oxygen atoms in total. The van der Waals surface area contributed by atoms with E-state index in [-0.39, 0.29) is 0 Å². The molecule has 0 saturated heterocycles. The van der Waals surface area contributed by atoms with Crippen LogP contribution in [0.5, 0.6) is 5.75 Å². The third-order valence-electron chi connectivity index (χ3n) is 4.06. The van der Waals surface area contributed by atoms with Gasteiger partial charge in [-0.15, -0.1) is 0 Å². The van der Waals surface area contributed by atoms with Gasteiger partial charge in [0.15, 0.2) is 0 Å². The molecule has 1 atom stereocenters. The Balaban J connectivity index is 1.97. The minimum Gasteiger partial charge on any atom is -0.494 e. The molecule has 1 aliphatic rings. The topological polar surface area (TPSA) is 53.1 Å². The molecule has 3 rings (SSSR count). The fourth-order valence-electron chi connectivity index (χ4n) is 3.01. The number of hydrogen-bond donors (Lipinski definition) is 1. The van der Waals surface area contributed by atoms with Crippen LogP contribution in [0.25, 0.3) is 11.3 Å². The van der Waals surface area contributed by atoms with Crippen molar-refractivity contribution in [1.29, 1.82) is 0 Å². The number of nitrogen functional groups attached to an aromatic ring is 1. The van der Waals surface area contributed by atoms with E-state index in [1.165, 1.54) is 12.8 Å². The van der Waals surface area contributed by atoms with Gasteiger partial charge in [0, 0.05) is 18.0 Å². The van der Waals surface area contributed by atoms with Crippen molar-refractivity contribution in [3.05, 3.63) is 30.1 Å². The molecule has 1 aromatic heterocycles. The molecule has 0 amide bonds. The van der Waals surface area contributed by atoms with Crippen LogP contribution in [0.2, 0.25) is 0 Å². The summed E-state index contributed by atoms with van der Waals surface area (Å²) >= 11 is 0. The van der Waals surface area contributed by atoms with Crippen LogP contribution in [-0.4, -0.2) is 16.2 Å². The largest absolute Gasteiger partial charge is 0.494 e. The lowest BCUT2D eigenvalue weighted by Crippen LogP contribution is -2.16. The van der Waals surface area contributed by atoms with Crippen LogP contribution in [0.4, 0.5) is 5.82 Å². The van der Waals surface area contributed by atoms with Gasteiger partial charge in [0.25, 0.3) is 0 Å². The van der Waals surface area contributed by atoms with Crippen LogP contribution in [0.3, 0.4) is 0 Å². The van der Waals surface area contributed by atoms with Crippen LogP contribution in [0, 0.1) is 0 Å². The lowest BCUT2D eigenvalue weighted by molar-refractivity contribution is 0.317. The Hall–Kier alpha value is -1.97. The number of imidazole rings is 1. The van der Waals surface area contributed by atoms with Crippen LogP contribution in [0.15, 0.2) is 24.3 Å². The van der Waals surface area contributed by atoms with Crippen molar-refractivity contribution in [2.75, 3.05) is 12.3 Å². The zero-order valence-corrected chi connectivity index (χ0v) is 12.8. The number of fused-ring (bicyclic) bond motifs is 1. The zero-order chi connectivity index (χ0) is 14.8. The molecule has 2 aromatic rings. The molecule has 0 saturated carbocycles. The summed E-state index contributed by atoms with van der Waals surface area (Å²) in [6.07, 6.45) is 4.38. The average Bonchev–Trinajstić information content (AvgIpc) is 2.84. The van der Waals surface area contributed by atoms with Crippen molar-refractivity contribution >= 4 is 5.82 Å². The number of hydrogen-bond acceptors (Lipinski definition) is 3. The van der Waals surface area contributed by atoms with Gasteiger partial charge in [-0.05, 0) is 38.3 Å². The highest BCUT2D eigenvalue weighted by molar-refractivity contribution is 5.72. The molecule has 0 bridgehead atoms. The summed E-state index contributed by atoms with van der Waals surface area (Å²) < 4.78 is 7.90. The van der Waals surface area contributed by atoms with E-state index in [4.69, 9.17) is 15.5 Å². The highest BCUT2D eigenvalue weighted by Crippen LogP contribution is 2.35. The molecule has 2 heterocycles. The van der Waals surface area contributed by atoms with Crippen LogP contribution in [0.1, 0.15) is 45.0 Å². The van der Waals surface area contributed by atoms with Crippen LogP contribution < -0.4 is 10.5 Å². The second kappa shape index (κ2) is 5.80. The molecule has 1 unspecified atom stereocenters. The Morgan fingerprint density at radius 3 is 3.05 bits per heavy atom. The molecule has 112 valence electrons. The Kier molecular flexibility index (Phi) is 3.86. The molecule has 0 radical (unpaired) electrons. The fraction of sp³-hybridized carbons (Fsp3) is 0.471. The minimum atomic E-state index is 0.439. The number of nitrogens with two attached hydrogens (primary N) is 1. The molecule has 0 aliphatic carbocycles. The molecule has 1 aliphatic heterocycles. The molecular formula is C17H23N3O. The van der Waals surface area contributed by atoms with Gasteiger partial charge in [0.05, 0.1) is 6.61 Å². The lowest BCUT2D eigenvalue weighted by atomic mass is 10.1. The number of anilines is 1. The number of aromatic nitrogens is 2. The molecule has 0 fully saturated rings. The van der Waals surface area contributed by atoms with Gasteiger partial charge >= 0.3 is 0 Å². The first-order valence-corrected chi connectivity index (χ1v) is 7.80. The summed E-state index contributed by atoms with van der Waals surface area (Å²) in [5, 5.41) is 0. The van der Waals surface area contributed by atoms with E-state index in [9.17, 15) is 0 Å². The first-order valence-electron chi connectivity index (χ1n) is 7.80. The third kappa shape index (κ3) is 2.62. The van der Waals surface area contributed by atoms with E-state index in [1.54, 1.807) is 0 Å². The molecule has 2 N–H and O–H groups in total. The van der Waals surface area contributed by atoms with Gasteiger partial charge in [-0.25, -0.2) is 4.98 Å². The van der Waals surface area contributed by atoms with Crippen molar-refractivity contribution in [3.63, 3.8) is 0 Å². The lowest BCUT2D eigenvalue weighted by Gasteiger charge is -2.22. The summed E-state index contributed by atoms with van der Waals surface area (Å²) in [4.78, 5) is 4.77. The second-order valence-corrected chi connectivity index (χ2v) is 5.75. The summed E-state index contributed by atoms with van der Waals surface area (Å²) in [6.45, 7) is 5.05. The van der Waals surface area contributed by atoms with E-state index in [0.29, 0.717) is 6.04 Å². The summed E-state index contributed by atoms with van der Waals surface area (Å²) in [6, 6.07) is 8.50. The average molecular weight is 285 g/mol. The van der Waals surface area contributed by atoms with E-state index < -0.39 is 0 Å². The van der Waals surface area contributed by atoms with Crippen molar-refractivity contribution in [1.82, 2.24) is 9.55 Å². The maximum atomic E-state index is 6.36. The maximum absolute atomic E-state index is 6.36. The third-order valence-corrected chi connectivity index (χ3v) is 4.06. The summed E-state index contributed by atoms with van der Waals surface area (Å²) in [7, 11) is 0. The quantitative estimate of drug-likeness (QED) is 0.929. The van der Waals surface area contributed by atoms with E-state index in [1.807, 2.05) is 24.3 Å². The second-order valence-electron chi connectivity index (χ2n) is 5.75. The van der Waals surface area contributed by atoms with Gasteiger partial charge < -0.3 is 15.0 Å². The van der Waals surface area contributed by atoms with Crippen molar-refractivity contribution in [2.24, 2.45) is 0 Å². The Morgan fingerprint density at radius 2 is 2.29 bits per heavy atom. The Morgan fingerprint density at radius 1 is 1.43 bits per heavy atom. The monoisotopic (exact) mass is 285 g/mol. The standard InChI is InChI=1S/C17H23N3O/c1-3-10-21-14-8-5-7-13(11-14)16-17(18)20-12(2)6-4-9-15(20)19-16/h5,7-8,11-12H,3-4,6,9-10,18H2,1-2H3. The summed E-state index contributed by atoms with van der Waals surface area (Å²) in [5.41, 5.74) is 8.28. The van der Waals surface area contributed by atoms with Gasteiger partial charge in [-0.2, -0.15) is 0 Å². The van der Waals surface area contributed by atoms with Gasteiger partial charge in [0.1, 0.15) is 23.1 Å². The minimum absolute atomic E-state index is 0.439. The van der Waals surface area contributed by atoms with Gasteiger partial charge in [0.2, 0.25) is 0 Å². The molecule has 21 heavy (non-hydrogen) atoms. The first-order chi connectivity index (χ1) is 10.2. The van der Waals surface area contributed by atoms with Crippen LogP contribution >= 0.6 is 0 Å². The first kappa shape index (κ1) is 14.0. The Labute approximate surface area is 125 Å². The highest BCUT2D eigenvalue weighted by Gasteiger charge is 2.23. The van der Waals surface area contributed by atoms with E-state index in [2.05, 4.69) is 18.4 Å². The number of ether oxygens (including phenoxy) is 1. The summed E-state index contributed by atoms with van der Waals surface area (Å²) in [5.74, 6) is 2.78. The molecule has 1 aromatic carbocycles. The van der Waals surface area contributed by atoms with Crippen molar-refractivity contribution in [2.45, 2.75) is 45.6 Å². The normalized spacial score (nSPS) is 17.5. The zero-order valence-electron chi connectivity index (χ0n) is 12.8. The number of rotatable bonds is 4. The van der Waals surface area contributed by atoms with Crippen LogP contribution in [-0.2, 0) is 6.42 Å². The smallest absolute Gasteiger partial charge is 0.131 e. The van der Waals surface area contributed by atoms with E-state index in [0.717, 1.165) is 48.1 Å². The van der Waals surface area contributed by atoms with Gasteiger partial charge in [-0.1, -0.05) is 19.1 Å². The Bertz CT molecular complexity index is 633. The number of nitrogens with zero attached hydrogens (tertiary/aromatic N) is 2. The van der Waals surface area contributed by atoms with E-state index >= 15 is 0 Å². The van der Waals surface area contributed by atoms with Crippen molar-refractivity contribution in [3.8, 4) is 17.0 Å². The number of benzene rings is 1. The number of aryl methyl sites for hydroxylation is 1. The predicted molar refractivity (Wildman–Crippen MR) is 85.5 cm³/mol.